The second-order valence-electron chi connectivity index (χ2n) is 5.83. The third kappa shape index (κ3) is 2.49. The molecule has 0 saturated carbocycles. The highest BCUT2D eigenvalue weighted by molar-refractivity contribution is 6.00. The van der Waals surface area contributed by atoms with Crippen LogP contribution in [0.1, 0.15) is 27.7 Å². The highest BCUT2D eigenvalue weighted by Gasteiger charge is 2.42. The molecule has 2 N–H and O–H groups in total. The third-order valence-electron chi connectivity index (χ3n) is 4.34. The summed E-state index contributed by atoms with van der Waals surface area (Å²) in [5, 5.41) is 17.0. The van der Waals surface area contributed by atoms with Gasteiger partial charge in [0.05, 0.1) is 18.9 Å². The average molecular weight is 339 g/mol. The Morgan fingerprint density at radius 1 is 1.36 bits per heavy atom. The van der Waals surface area contributed by atoms with Crippen molar-refractivity contribution in [3.63, 3.8) is 0 Å². The molecule has 7 nitrogen and oxygen atoms in total. The van der Waals surface area contributed by atoms with Crippen molar-refractivity contribution in [1.29, 1.82) is 0 Å². The standard InChI is InChI=1S/C18H17N3O4/c1-24-9-7-21-17(11-4-2-5-12(22)10-11)14-15(13-6-3-8-25-13)19-20-16(14)18(21)23/h2-6,8,10,17,22H,7,9H2,1H3,(H,19,20). The summed E-state index contributed by atoms with van der Waals surface area (Å²) in [4.78, 5) is 14.6. The van der Waals surface area contributed by atoms with Crippen LogP contribution >= 0.6 is 0 Å². The van der Waals surface area contributed by atoms with Gasteiger partial charge in [0, 0.05) is 19.2 Å². The number of hydrogen-bond donors (Lipinski definition) is 2. The molecule has 0 saturated heterocycles. The minimum atomic E-state index is -0.372. The molecular formula is C18H17N3O4. The molecule has 1 aliphatic rings. The number of H-pyrrole nitrogens is 1. The van der Waals surface area contributed by atoms with E-state index in [0.717, 1.165) is 11.1 Å². The topological polar surface area (TPSA) is 91.6 Å². The van der Waals surface area contributed by atoms with Gasteiger partial charge in [0.2, 0.25) is 0 Å². The number of aromatic nitrogens is 2. The van der Waals surface area contributed by atoms with Gasteiger partial charge in [0.25, 0.3) is 5.91 Å². The predicted molar refractivity (Wildman–Crippen MR) is 89.2 cm³/mol. The lowest BCUT2D eigenvalue weighted by molar-refractivity contribution is 0.0677. The van der Waals surface area contributed by atoms with Crippen molar-refractivity contribution in [2.75, 3.05) is 20.3 Å². The Hall–Kier alpha value is -3.06. The van der Waals surface area contributed by atoms with Crippen LogP contribution in [0.5, 0.6) is 5.75 Å². The highest BCUT2D eigenvalue weighted by Crippen LogP contribution is 2.43. The number of furan rings is 1. The number of ether oxygens (including phenoxy) is 1. The summed E-state index contributed by atoms with van der Waals surface area (Å²) in [6.07, 6.45) is 1.57. The fourth-order valence-electron chi connectivity index (χ4n) is 3.26. The molecule has 1 aromatic carbocycles. The van der Waals surface area contributed by atoms with E-state index in [-0.39, 0.29) is 17.7 Å². The van der Waals surface area contributed by atoms with Crippen LogP contribution in [0.3, 0.4) is 0 Å². The van der Waals surface area contributed by atoms with Crippen LogP contribution in [0.2, 0.25) is 0 Å². The molecule has 0 aliphatic carbocycles. The number of aromatic hydroxyl groups is 1. The van der Waals surface area contributed by atoms with Crippen molar-refractivity contribution in [2.45, 2.75) is 6.04 Å². The van der Waals surface area contributed by atoms with Crippen molar-refractivity contribution in [3.8, 4) is 17.2 Å². The van der Waals surface area contributed by atoms with Crippen LogP contribution in [0.15, 0.2) is 47.1 Å². The molecule has 25 heavy (non-hydrogen) atoms. The summed E-state index contributed by atoms with van der Waals surface area (Å²) in [5.74, 6) is 0.586. The van der Waals surface area contributed by atoms with E-state index in [1.54, 1.807) is 42.5 Å². The van der Waals surface area contributed by atoms with Crippen molar-refractivity contribution < 1.29 is 19.1 Å². The first kappa shape index (κ1) is 15.5. The van der Waals surface area contributed by atoms with Crippen molar-refractivity contribution in [1.82, 2.24) is 15.1 Å². The van der Waals surface area contributed by atoms with Crippen LogP contribution in [0.4, 0.5) is 0 Å². The molecular weight excluding hydrogens is 322 g/mol. The lowest BCUT2D eigenvalue weighted by Gasteiger charge is -2.26. The zero-order valence-electron chi connectivity index (χ0n) is 13.6. The highest BCUT2D eigenvalue weighted by atomic mass is 16.5. The number of hydrogen-bond acceptors (Lipinski definition) is 5. The first-order valence-corrected chi connectivity index (χ1v) is 7.91. The third-order valence-corrected chi connectivity index (χ3v) is 4.34. The Kier molecular flexibility index (Phi) is 3.77. The van der Waals surface area contributed by atoms with E-state index in [4.69, 9.17) is 9.15 Å². The molecule has 0 fully saturated rings. The molecule has 1 aliphatic heterocycles. The van der Waals surface area contributed by atoms with Crippen molar-refractivity contribution in [3.05, 3.63) is 59.5 Å². The van der Waals surface area contributed by atoms with Gasteiger partial charge in [-0.25, -0.2) is 0 Å². The maximum Gasteiger partial charge on any atom is 0.275 e. The second-order valence-corrected chi connectivity index (χ2v) is 5.83. The minimum absolute atomic E-state index is 0.146. The van der Waals surface area contributed by atoms with E-state index in [9.17, 15) is 9.90 Å². The molecule has 1 unspecified atom stereocenters. The second kappa shape index (κ2) is 6.10. The van der Waals surface area contributed by atoms with Crippen molar-refractivity contribution in [2.24, 2.45) is 0 Å². The lowest BCUT2D eigenvalue weighted by atomic mass is 9.98. The number of aromatic amines is 1. The number of benzene rings is 1. The molecule has 0 spiro atoms. The van der Waals surface area contributed by atoms with E-state index in [2.05, 4.69) is 10.2 Å². The maximum absolute atomic E-state index is 12.8. The number of methoxy groups -OCH3 is 1. The lowest BCUT2D eigenvalue weighted by Crippen LogP contribution is -2.32. The largest absolute Gasteiger partial charge is 0.508 e. The van der Waals surface area contributed by atoms with Gasteiger partial charge in [-0.1, -0.05) is 12.1 Å². The molecule has 3 heterocycles. The van der Waals surface area contributed by atoms with Gasteiger partial charge >= 0.3 is 0 Å². The molecule has 7 heteroatoms. The van der Waals surface area contributed by atoms with Crippen LogP contribution in [0.25, 0.3) is 11.5 Å². The molecule has 2 aromatic heterocycles. The number of nitrogens with zero attached hydrogens (tertiary/aromatic N) is 2. The number of amides is 1. The Morgan fingerprint density at radius 3 is 2.96 bits per heavy atom. The van der Waals surface area contributed by atoms with E-state index in [0.29, 0.717) is 30.3 Å². The van der Waals surface area contributed by atoms with Crippen LogP contribution < -0.4 is 0 Å². The van der Waals surface area contributed by atoms with E-state index in [1.807, 2.05) is 12.1 Å². The molecule has 3 aromatic rings. The SMILES string of the molecule is COCCN1C(=O)c2n[nH]c(-c3ccco3)c2C1c1cccc(O)c1. The van der Waals surface area contributed by atoms with E-state index < -0.39 is 0 Å². The van der Waals surface area contributed by atoms with Gasteiger partial charge in [-0.3, -0.25) is 9.89 Å². The molecule has 0 bridgehead atoms. The summed E-state index contributed by atoms with van der Waals surface area (Å²) < 4.78 is 10.6. The normalized spacial score (nSPS) is 16.4. The van der Waals surface area contributed by atoms with Crippen LogP contribution in [0, 0.1) is 0 Å². The van der Waals surface area contributed by atoms with E-state index in [1.165, 1.54) is 0 Å². The van der Waals surface area contributed by atoms with Gasteiger partial charge < -0.3 is 19.2 Å². The molecule has 1 atom stereocenters. The number of carbonyl (C=O) groups is 1. The summed E-state index contributed by atoms with van der Waals surface area (Å²) in [7, 11) is 1.59. The molecule has 1 amide bonds. The summed E-state index contributed by atoms with van der Waals surface area (Å²) in [6.45, 7) is 0.828. The Morgan fingerprint density at radius 2 is 2.24 bits per heavy atom. The molecule has 128 valence electrons. The Bertz CT molecular complexity index is 901. The van der Waals surface area contributed by atoms with Crippen LogP contribution in [-0.2, 0) is 4.74 Å². The van der Waals surface area contributed by atoms with Crippen LogP contribution in [-0.4, -0.2) is 46.4 Å². The van der Waals surface area contributed by atoms with Gasteiger partial charge in [0.1, 0.15) is 11.4 Å². The first-order chi connectivity index (χ1) is 12.2. The minimum Gasteiger partial charge on any atom is -0.508 e. The average Bonchev–Trinajstić information content (AvgIpc) is 3.31. The summed E-state index contributed by atoms with van der Waals surface area (Å²) in [6, 6.07) is 10.1. The number of nitrogens with one attached hydrogen (secondary N) is 1. The quantitative estimate of drug-likeness (QED) is 0.745. The maximum atomic E-state index is 12.8. The van der Waals surface area contributed by atoms with Gasteiger partial charge in [-0.15, -0.1) is 0 Å². The van der Waals surface area contributed by atoms with Crippen molar-refractivity contribution >= 4 is 5.91 Å². The fourth-order valence-corrected chi connectivity index (χ4v) is 3.26. The summed E-state index contributed by atoms with van der Waals surface area (Å²) in [5.41, 5.74) is 2.59. The molecule has 4 rings (SSSR count). The number of phenolic OH excluding ortho intramolecular Hbond substituents is 1. The zero-order valence-corrected chi connectivity index (χ0v) is 13.6. The first-order valence-electron chi connectivity index (χ1n) is 7.91. The Balaban J connectivity index is 1.86. The number of fused-ring (bicyclic) bond motifs is 1. The fraction of sp³-hybridized carbons (Fsp3) is 0.222. The van der Waals surface area contributed by atoms with Gasteiger partial charge in [-0.2, -0.15) is 5.10 Å². The smallest absolute Gasteiger partial charge is 0.275 e. The number of phenols is 1. The molecule has 0 radical (unpaired) electrons. The number of carbonyl (C=O) groups excluding carboxylic acids is 1. The summed E-state index contributed by atoms with van der Waals surface area (Å²) >= 11 is 0. The monoisotopic (exact) mass is 339 g/mol. The Labute approximate surface area is 143 Å². The van der Waals surface area contributed by atoms with E-state index >= 15 is 0 Å². The van der Waals surface area contributed by atoms with Gasteiger partial charge in [-0.05, 0) is 29.8 Å². The predicted octanol–water partition coefficient (Wildman–Crippen LogP) is 2.57. The zero-order chi connectivity index (χ0) is 17.4. The van der Waals surface area contributed by atoms with Gasteiger partial charge in [0.15, 0.2) is 11.5 Å². The number of rotatable bonds is 5.